The number of aliphatic hydroxyl groups excluding tert-OH is 1. The summed E-state index contributed by atoms with van der Waals surface area (Å²) in [5, 5.41) is 15.1. The standard InChI is InChI=1S/C14H25N3O2S/c1-4-12(6-7-18)8-15-9-13-10-20-14(16-13)17(5-2)11(3)19/h10,12,15,18H,4-9H2,1-3H3. The number of carbonyl (C=O) groups excluding carboxylic acids is 1. The van der Waals surface area contributed by atoms with Crippen LogP contribution < -0.4 is 10.2 Å². The van der Waals surface area contributed by atoms with E-state index in [-0.39, 0.29) is 12.5 Å². The number of aromatic nitrogens is 1. The van der Waals surface area contributed by atoms with Gasteiger partial charge in [0, 0.05) is 32.0 Å². The van der Waals surface area contributed by atoms with Gasteiger partial charge in [0.2, 0.25) is 5.91 Å². The molecule has 0 aliphatic heterocycles. The first kappa shape index (κ1) is 17.1. The molecule has 6 heteroatoms. The van der Waals surface area contributed by atoms with Crippen molar-refractivity contribution < 1.29 is 9.90 Å². The van der Waals surface area contributed by atoms with Gasteiger partial charge in [-0.3, -0.25) is 9.69 Å². The molecule has 20 heavy (non-hydrogen) atoms. The van der Waals surface area contributed by atoms with Crippen molar-refractivity contribution in [3.05, 3.63) is 11.1 Å². The summed E-state index contributed by atoms with van der Waals surface area (Å²) >= 11 is 1.50. The number of rotatable bonds is 9. The number of anilines is 1. The minimum atomic E-state index is 0.0235. The molecule has 1 atom stereocenters. The average Bonchev–Trinajstić information content (AvgIpc) is 2.86. The molecule has 1 amide bonds. The Morgan fingerprint density at radius 2 is 2.30 bits per heavy atom. The highest BCUT2D eigenvalue weighted by Gasteiger charge is 2.13. The molecule has 0 bridgehead atoms. The van der Waals surface area contributed by atoms with Crippen LogP contribution in [0.15, 0.2) is 5.38 Å². The van der Waals surface area contributed by atoms with E-state index in [0.29, 0.717) is 19.0 Å². The van der Waals surface area contributed by atoms with Gasteiger partial charge in [-0.05, 0) is 25.8 Å². The fraction of sp³-hybridized carbons (Fsp3) is 0.714. The molecule has 5 nitrogen and oxygen atoms in total. The molecule has 0 fully saturated rings. The predicted octanol–water partition coefficient (Wildman–Crippen LogP) is 2.01. The van der Waals surface area contributed by atoms with Gasteiger partial charge < -0.3 is 10.4 Å². The Labute approximate surface area is 125 Å². The molecule has 0 aliphatic rings. The monoisotopic (exact) mass is 299 g/mol. The number of nitrogens with one attached hydrogen (secondary N) is 1. The van der Waals surface area contributed by atoms with Crippen LogP contribution in [0.25, 0.3) is 0 Å². The molecule has 0 spiro atoms. The normalized spacial score (nSPS) is 12.4. The maximum absolute atomic E-state index is 11.5. The highest BCUT2D eigenvalue weighted by atomic mass is 32.1. The fourth-order valence-corrected chi connectivity index (χ4v) is 2.96. The van der Waals surface area contributed by atoms with Crippen molar-refractivity contribution in [2.75, 3.05) is 24.6 Å². The minimum Gasteiger partial charge on any atom is -0.396 e. The average molecular weight is 299 g/mol. The van der Waals surface area contributed by atoms with Gasteiger partial charge in [0.15, 0.2) is 5.13 Å². The van der Waals surface area contributed by atoms with E-state index in [9.17, 15) is 4.79 Å². The van der Waals surface area contributed by atoms with Crippen LogP contribution in [0.2, 0.25) is 0 Å². The lowest BCUT2D eigenvalue weighted by molar-refractivity contribution is -0.116. The van der Waals surface area contributed by atoms with Crippen molar-refractivity contribution in [3.8, 4) is 0 Å². The zero-order chi connectivity index (χ0) is 15.0. The molecule has 1 unspecified atom stereocenters. The maximum Gasteiger partial charge on any atom is 0.225 e. The van der Waals surface area contributed by atoms with E-state index < -0.39 is 0 Å². The van der Waals surface area contributed by atoms with E-state index in [1.807, 2.05) is 12.3 Å². The number of aliphatic hydroxyl groups is 1. The Balaban J connectivity index is 2.46. The first-order valence-electron chi connectivity index (χ1n) is 7.16. The molecule has 0 radical (unpaired) electrons. The SMILES string of the molecule is CCC(CCO)CNCc1csc(N(CC)C(C)=O)n1. The molecule has 1 aromatic rings. The van der Waals surface area contributed by atoms with Gasteiger partial charge in [0.25, 0.3) is 0 Å². The van der Waals surface area contributed by atoms with E-state index in [0.717, 1.165) is 30.2 Å². The number of amides is 1. The molecule has 0 saturated heterocycles. The highest BCUT2D eigenvalue weighted by Crippen LogP contribution is 2.20. The van der Waals surface area contributed by atoms with Gasteiger partial charge >= 0.3 is 0 Å². The van der Waals surface area contributed by atoms with Crippen molar-refractivity contribution in [1.82, 2.24) is 10.3 Å². The minimum absolute atomic E-state index is 0.0235. The van der Waals surface area contributed by atoms with Crippen molar-refractivity contribution in [3.63, 3.8) is 0 Å². The molecule has 0 aromatic carbocycles. The Morgan fingerprint density at radius 1 is 1.55 bits per heavy atom. The highest BCUT2D eigenvalue weighted by molar-refractivity contribution is 7.14. The van der Waals surface area contributed by atoms with E-state index in [1.54, 1.807) is 11.8 Å². The lowest BCUT2D eigenvalue weighted by atomic mass is 10.0. The second-order valence-electron chi connectivity index (χ2n) is 4.80. The van der Waals surface area contributed by atoms with Gasteiger partial charge in [-0.15, -0.1) is 11.3 Å². The summed E-state index contributed by atoms with van der Waals surface area (Å²) < 4.78 is 0. The Kier molecular flexibility index (Phi) is 7.72. The molecule has 1 heterocycles. The first-order chi connectivity index (χ1) is 9.62. The lowest BCUT2D eigenvalue weighted by Gasteiger charge is -2.15. The summed E-state index contributed by atoms with van der Waals surface area (Å²) in [6.45, 7) is 8.11. The molecular weight excluding hydrogens is 274 g/mol. The van der Waals surface area contributed by atoms with Gasteiger partial charge in [-0.1, -0.05) is 13.3 Å². The molecule has 2 N–H and O–H groups in total. The van der Waals surface area contributed by atoms with E-state index in [4.69, 9.17) is 5.11 Å². The summed E-state index contributed by atoms with van der Waals surface area (Å²) in [5.74, 6) is 0.526. The quantitative estimate of drug-likeness (QED) is 0.732. The van der Waals surface area contributed by atoms with Crippen LogP contribution in [-0.4, -0.2) is 35.7 Å². The Morgan fingerprint density at radius 3 is 2.85 bits per heavy atom. The lowest BCUT2D eigenvalue weighted by Crippen LogP contribution is -2.28. The summed E-state index contributed by atoms with van der Waals surface area (Å²) in [7, 11) is 0. The number of hydrogen-bond donors (Lipinski definition) is 2. The number of thiazole rings is 1. The van der Waals surface area contributed by atoms with Gasteiger partial charge in [0.1, 0.15) is 0 Å². The third kappa shape index (κ3) is 5.19. The van der Waals surface area contributed by atoms with E-state index in [2.05, 4.69) is 17.2 Å². The fourth-order valence-electron chi connectivity index (χ4n) is 2.03. The van der Waals surface area contributed by atoms with Crippen molar-refractivity contribution >= 4 is 22.4 Å². The predicted molar refractivity (Wildman–Crippen MR) is 83.0 cm³/mol. The van der Waals surface area contributed by atoms with Gasteiger partial charge in [0.05, 0.1) is 5.69 Å². The zero-order valence-electron chi connectivity index (χ0n) is 12.6. The second kappa shape index (κ2) is 9.05. The van der Waals surface area contributed by atoms with E-state index >= 15 is 0 Å². The zero-order valence-corrected chi connectivity index (χ0v) is 13.4. The number of carbonyl (C=O) groups is 1. The molecule has 114 valence electrons. The second-order valence-corrected chi connectivity index (χ2v) is 5.64. The van der Waals surface area contributed by atoms with Gasteiger partial charge in [-0.2, -0.15) is 0 Å². The molecule has 1 rings (SSSR count). The number of nitrogens with zero attached hydrogens (tertiary/aromatic N) is 2. The van der Waals surface area contributed by atoms with Crippen LogP contribution in [0.1, 0.15) is 39.3 Å². The first-order valence-corrected chi connectivity index (χ1v) is 8.04. The van der Waals surface area contributed by atoms with E-state index in [1.165, 1.54) is 11.3 Å². The van der Waals surface area contributed by atoms with Crippen LogP contribution in [0.5, 0.6) is 0 Å². The van der Waals surface area contributed by atoms with Crippen LogP contribution in [0.4, 0.5) is 5.13 Å². The number of hydrogen-bond acceptors (Lipinski definition) is 5. The Bertz CT molecular complexity index is 409. The summed E-state index contributed by atoms with van der Waals surface area (Å²) in [4.78, 5) is 17.6. The summed E-state index contributed by atoms with van der Waals surface area (Å²) in [5.41, 5.74) is 0.962. The molecule has 0 aliphatic carbocycles. The van der Waals surface area contributed by atoms with Crippen LogP contribution in [-0.2, 0) is 11.3 Å². The van der Waals surface area contributed by atoms with Crippen molar-refractivity contribution in [1.29, 1.82) is 0 Å². The maximum atomic E-state index is 11.5. The Hall–Kier alpha value is -0.980. The smallest absolute Gasteiger partial charge is 0.225 e. The molecule has 0 saturated carbocycles. The third-order valence-electron chi connectivity index (χ3n) is 3.32. The van der Waals surface area contributed by atoms with Crippen LogP contribution >= 0.6 is 11.3 Å². The molecular formula is C14H25N3O2S. The summed E-state index contributed by atoms with van der Waals surface area (Å²) in [6, 6.07) is 0. The van der Waals surface area contributed by atoms with Crippen molar-refractivity contribution in [2.45, 2.75) is 40.2 Å². The van der Waals surface area contributed by atoms with Crippen LogP contribution in [0, 0.1) is 5.92 Å². The largest absolute Gasteiger partial charge is 0.396 e. The van der Waals surface area contributed by atoms with Gasteiger partial charge in [-0.25, -0.2) is 4.98 Å². The third-order valence-corrected chi connectivity index (χ3v) is 4.23. The summed E-state index contributed by atoms with van der Waals surface area (Å²) in [6.07, 6.45) is 1.89. The van der Waals surface area contributed by atoms with Crippen molar-refractivity contribution in [2.24, 2.45) is 5.92 Å². The molecule has 1 aromatic heterocycles. The van der Waals surface area contributed by atoms with Crippen LogP contribution in [0.3, 0.4) is 0 Å². The topological polar surface area (TPSA) is 65.5 Å².